The second-order valence-electron chi connectivity index (χ2n) is 7.23. The Bertz CT molecular complexity index is 841. The van der Waals surface area contributed by atoms with Crippen LogP contribution >= 0.6 is 0 Å². The standard InChI is InChI=1S/C23H27NO3/c1-25-19-9-6-16(7-10-19)21-15-24-12-4-5-18(24)14-20(21)17-8-11-22(26-2)23(13-17)27-3/h6-11,13,18H,4-5,12,14-15H2,1-3H3/t18-/m0/s1. The van der Waals surface area contributed by atoms with E-state index in [4.69, 9.17) is 14.2 Å². The largest absolute Gasteiger partial charge is 0.497 e. The van der Waals surface area contributed by atoms with E-state index in [-0.39, 0.29) is 0 Å². The summed E-state index contributed by atoms with van der Waals surface area (Å²) in [6.45, 7) is 2.20. The number of hydrogen-bond donors (Lipinski definition) is 0. The lowest BCUT2D eigenvalue weighted by molar-refractivity contribution is 0.281. The number of hydrogen-bond acceptors (Lipinski definition) is 4. The first kappa shape index (κ1) is 17.9. The summed E-state index contributed by atoms with van der Waals surface area (Å²) >= 11 is 0. The predicted octanol–water partition coefficient (Wildman–Crippen LogP) is 4.49. The van der Waals surface area contributed by atoms with Crippen molar-refractivity contribution in [1.82, 2.24) is 4.90 Å². The highest BCUT2D eigenvalue weighted by Crippen LogP contribution is 2.41. The fourth-order valence-corrected chi connectivity index (χ4v) is 4.37. The third kappa shape index (κ3) is 3.42. The van der Waals surface area contributed by atoms with Crippen LogP contribution in [-0.4, -0.2) is 45.4 Å². The van der Waals surface area contributed by atoms with Crippen molar-refractivity contribution in [2.45, 2.75) is 25.3 Å². The van der Waals surface area contributed by atoms with Gasteiger partial charge in [0.1, 0.15) is 5.75 Å². The Morgan fingerprint density at radius 3 is 2.26 bits per heavy atom. The molecule has 0 amide bonds. The van der Waals surface area contributed by atoms with Crippen LogP contribution in [0.2, 0.25) is 0 Å². The van der Waals surface area contributed by atoms with E-state index in [1.54, 1.807) is 21.3 Å². The number of ether oxygens (including phenoxy) is 3. The molecule has 2 heterocycles. The number of fused-ring (bicyclic) bond motifs is 1. The van der Waals surface area contributed by atoms with E-state index in [9.17, 15) is 0 Å². The van der Waals surface area contributed by atoms with Crippen molar-refractivity contribution in [2.24, 2.45) is 0 Å². The minimum absolute atomic E-state index is 0.648. The minimum Gasteiger partial charge on any atom is -0.497 e. The molecule has 4 heteroatoms. The van der Waals surface area contributed by atoms with Gasteiger partial charge in [0.2, 0.25) is 0 Å². The summed E-state index contributed by atoms with van der Waals surface area (Å²) in [5.41, 5.74) is 5.32. The van der Waals surface area contributed by atoms with Gasteiger partial charge >= 0.3 is 0 Å². The summed E-state index contributed by atoms with van der Waals surface area (Å²) in [5, 5.41) is 0. The number of rotatable bonds is 5. The van der Waals surface area contributed by atoms with Crippen LogP contribution in [0.25, 0.3) is 11.1 Å². The normalized spacial score (nSPS) is 19.7. The SMILES string of the molecule is COc1ccc(C2=C(c3ccc(OC)c(OC)c3)C[C@@H]3CCCN3C2)cc1. The third-order valence-corrected chi connectivity index (χ3v) is 5.83. The zero-order valence-corrected chi connectivity index (χ0v) is 16.3. The van der Waals surface area contributed by atoms with Gasteiger partial charge in [-0.15, -0.1) is 0 Å². The molecule has 2 aliphatic rings. The molecule has 2 aromatic carbocycles. The fourth-order valence-electron chi connectivity index (χ4n) is 4.37. The lowest BCUT2D eigenvalue weighted by atomic mass is 9.86. The first-order chi connectivity index (χ1) is 13.2. The van der Waals surface area contributed by atoms with Crippen LogP contribution in [0.15, 0.2) is 42.5 Å². The zero-order valence-electron chi connectivity index (χ0n) is 16.3. The van der Waals surface area contributed by atoms with Crippen LogP contribution in [0.4, 0.5) is 0 Å². The van der Waals surface area contributed by atoms with Crippen molar-refractivity contribution < 1.29 is 14.2 Å². The molecule has 4 rings (SSSR count). The quantitative estimate of drug-likeness (QED) is 0.781. The Labute approximate surface area is 161 Å². The number of nitrogens with zero attached hydrogens (tertiary/aromatic N) is 1. The van der Waals surface area contributed by atoms with Gasteiger partial charge < -0.3 is 14.2 Å². The molecule has 0 N–H and O–H groups in total. The summed E-state index contributed by atoms with van der Waals surface area (Å²) in [4.78, 5) is 2.63. The van der Waals surface area contributed by atoms with Crippen molar-refractivity contribution in [1.29, 1.82) is 0 Å². The van der Waals surface area contributed by atoms with E-state index in [1.807, 2.05) is 18.2 Å². The molecule has 0 bridgehead atoms. The summed E-state index contributed by atoms with van der Waals surface area (Å²) in [5.74, 6) is 2.44. The fraction of sp³-hybridized carbons (Fsp3) is 0.391. The monoisotopic (exact) mass is 365 g/mol. The molecule has 1 atom stereocenters. The molecule has 2 aromatic rings. The molecule has 0 unspecified atom stereocenters. The molecule has 4 nitrogen and oxygen atoms in total. The smallest absolute Gasteiger partial charge is 0.161 e. The lowest BCUT2D eigenvalue weighted by Crippen LogP contribution is -2.35. The van der Waals surface area contributed by atoms with Crippen LogP contribution < -0.4 is 14.2 Å². The highest BCUT2D eigenvalue weighted by Gasteiger charge is 2.32. The molecule has 0 aliphatic carbocycles. The van der Waals surface area contributed by atoms with Crippen molar-refractivity contribution >= 4 is 11.1 Å². The Morgan fingerprint density at radius 1 is 0.815 bits per heavy atom. The molecule has 0 radical (unpaired) electrons. The van der Waals surface area contributed by atoms with E-state index in [0.717, 1.165) is 30.2 Å². The molecule has 0 saturated carbocycles. The van der Waals surface area contributed by atoms with Gasteiger partial charge in [-0.1, -0.05) is 18.2 Å². The summed E-state index contributed by atoms with van der Waals surface area (Å²) < 4.78 is 16.3. The Morgan fingerprint density at radius 2 is 1.56 bits per heavy atom. The van der Waals surface area contributed by atoms with E-state index in [1.165, 1.54) is 41.7 Å². The topological polar surface area (TPSA) is 30.9 Å². The molecule has 2 aliphatic heterocycles. The Kier molecular flexibility index (Phi) is 5.08. The summed E-state index contributed by atoms with van der Waals surface area (Å²) in [7, 11) is 5.08. The van der Waals surface area contributed by atoms with Crippen LogP contribution in [0.3, 0.4) is 0 Å². The van der Waals surface area contributed by atoms with E-state index < -0.39 is 0 Å². The molecule has 27 heavy (non-hydrogen) atoms. The van der Waals surface area contributed by atoms with Crippen LogP contribution in [0, 0.1) is 0 Å². The number of benzene rings is 2. The van der Waals surface area contributed by atoms with E-state index in [0.29, 0.717) is 6.04 Å². The van der Waals surface area contributed by atoms with E-state index in [2.05, 4.69) is 29.2 Å². The Balaban J connectivity index is 1.80. The van der Waals surface area contributed by atoms with Crippen molar-refractivity contribution in [2.75, 3.05) is 34.4 Å². The van der Waals surface area contributed by atoms with Gasteiger partial charge in [0.05, 0.1) is 21.3 Å². The zero-order chi connectivity index (χ0) is 18.8. The Hall–Kier alpha value is -2.46. The van der Waals surface area contributed by atoms with Gasteiger partial charge in [0.15, 0.2) is 11.5 Å². The predicted molar refractivity (Wildman–Crippen MR) is 109 cm³/mol. The average molecular weight is 365 g/mol. The molecule has 1 saturated heterocycles. The molecule has 1 fully saturated rings. The van der Waals surface area contributed by atoms with Gasteiger partial charge in [-0.05, 0) is 72.3 Å². The molecule has 142 valence electrons. The molecular formula is C23H27NO3. The highest BCUT2D eigenvalue weighted by atomic mass is 16.5. The second kappa shape index (κ2) is 7.65. The van der Waals surface area contributed by atoms with Crippen molar-refractivity contribution in [3.05, 3.63) is 53.6 Å². The first-order valence-electron chi connectivity index (χ1n) is 9.56. The summed E-state index contributed by atoms with van der Waals surface area (Å²) in [6, 6.07) is 15.4. The van der Waals surface area contributed by atoms with Crippen LogP contribution in [-0.2, 0) is 0 Å². The maximum absolute atomic E-state index is 5.55. The average Bonchev–Trinajstić information content (AvgIpc) is 3.20. The van der Waals surface area contributed by atoms with Crippen molar-refractivity contribution in [3.8, 4) is 17.2 Å². The minimum atomic E-state index is 0.648. The number of methoxy groups -OCH3 is 3. The molecule has 0 spiro atoms. The second-order valence-corrected chi connectivity index (χ2v) is 7.23. The third-order valence-electron chi connectivity index (χ3n) is 5.83. The lowest BCUT2D eigenvalue weighted by Gasteiger charge is -2.34. The molecule has 0 aromatic heterocycles. The van der Waals surface area contributed by atoms with Gasteiger partial charge in [-0.25, -0.2) is 0 Å². The van der Waals surface area contributed by atoms with Crippen LogP contribution in [0.1, 0.15) is 30.4 Å². The van der Waals surface area contributed by atoms with Gasteiger partial charge in [-0.2, -0.15) is 0 Å². The van der Waals surface area contributed by atoms with Crippen LogP contribution in [0.5, 0.6) is 17.2 Å². The maximum Gasteiger partial charge on any atom is 0.161 e. The van der Waals surface area contributed by atoms with Crippen molar-refractivity contribution in [3.63, 3.8) is 0 Å². The van der Waals surface area contributed by atoms with Gasteiger partial charge in [0.25, 0.3) is 0 Å². The summed E-state index contributed by atoms with van der Waals surface area (Å²) in [6.07, 6.45) is 3.66. The molecular weight excluding hydrogens is 338 g/mol. The highest BCUT2D eigenvalue weighted by molar-refractivity contribution is 5.93. The van der Waals surface area contributed by atoms with E-state index >= 15 is 0 Å². The first-order valence-corrected chi connectivity index (χ1v) is 9.56. The van der Waals surface area contributed by atoms with Gasteiger partial charge in [-0.3, -0.25) is 4.90 Å². The maximum atomic E-state index is 5.55. The van der Waals surface area contributed by atoms with Gasteiger partial charge in [0, 0.05) is 12.6 Å².